The molecule has 0 amide bonds. The van der Waals surface area contributed by atoms with Crippen LogP contribution in [0.2, 0.25) is 0 Å². The van der Waals surface area contributed by atoms with Gasteiger partial charge >= 0.3 is 0 Å². The van der Waals surface area contributed by atoms with E-state index in [2.05, 4.69) is 4.98 Å². The second kappa shape index (κ2) is 3.79. The molecule has 0 saturated carbocycles. The normalized spacial score (nSPS) is 12.2. The van der Waals surface area contributed by atoms with Gasteiger partial charge in [0.05, 0.1) is 5.75 Å². The number of benzene rings is 1. The average molecular weight is 258 g/mol. The highest BCUT2D eigenvalue weighted by molar-refractivity contribution is 8.13. The van der Waals surface area contributed by atoms with Gasteiger partial charge in [0, 0.05) is 27.3 Å². The molecule has 1 aromatic heterocycles. The third kappa shape index (κ3) is 2.23. The number of hydrogen-bond donors (Lipinski definition) is 1. The Hall–Kier alpha value is -1.00. The van der Waals surface area contributed by atoms with Crippen molar-refractivity contribution < 1.29 is 8.42 Å². The number of H-pyrrole nitrogens is 1. The summed E-state index contributed by atoms with van der Waals surface area (Å²) in [5.41, 5.74) is 3.94. The third-order valence-corrected chi connectivity index (χ3v) is 3.72. The Morgan fingerprint density at radius 1 is 1.31 bits per heavy atom. The van der Waals surface area contributed by atoms with Gasteiger partial charge in [-0.05, 0) is 31.0 Å². The minimum atomic E-state index is -3.49. The topological polar surface area (TPSA) is 49.9 Å². The van der Waals surface area contributed by atoms with E-state index in [-0.39, 0.29) is 5.75 Å². The summed E-state index contributed by atoms with van der Waals surface area (Å²) < 4.78 is 21.9. The molecular weight excluding hydrogens is 246 g/mol. The van der Waals surface area contributed by atoms with Crippen LogP contribution in [0.25, 0.3) is 10.9 Å². The van der Waals surface area contributed by atoms with Crippen molar-refractivity contribution in [3.8, 4) is 0 Å². The minimum absolute atomic E-state index is 0.137. The molecule has 0 bridgehead atoms. The quantitative estimate of drug-likeness (QED) is 0.841. The van der Waals surface area contributed by atoms with Gasteiger partial charge in [0.2, 0.25) is 9.05 Å². The Balaban J connectivity index is 2.53. The summed E-state index contributed by atoms with van der Waals surface area (Å²) in [5, 5.41) is 1.12. The summed E-state index contributed by atoms with van der Waals surface area (Å²) >= 11 is 0. The van der Waals surface area contributed by atoms with Crippen molar-refractivity contribution in [1.29, 1.82) is 0 Å². The number of hydrogen-bond acceptors (Lipinski definition) is 2. The molecule has 5 heteroatoms. The maximum absolute atomic E-state index is 11.0. The van der Waals surface area contributed by atoms with Crippen LogP contribution < -0.4 is 0 Å². The molecule has 3 nitrogen and oxygen atoms in total. The van der Waals surface area contributed by atoms with Crippen molar-refractivity contribution in [3.63, 3.8) is 0 Å². The van der Waals surface area contributed by atoms with E-state index in [1.807, 2.05) is 26.0 Å². The molecule has 0 radical (unpaired) electrons. The number of halogens is 1. The second-order valence-corrected chi connectivity index (χ2v) is 6.72. The SMILES string of the molecule is Cc1[nH]c2cc(CS(=O)(=O)Cl)ccc2c1C. The molecule has 16 heavy (non-hydrogen) atoms. The lowest BCUT2D eigenvalue weighted by Crippen LogP contribution is -1.94. The summed E-state index contributed by atoms with van der Waals surface area (Å²) in [6.45, 7) is 4.03. The zero-order chi connectivity index (χ0) is 11.9. The smallest absolute Gasteiger partial charge is 0.236 e. The highest BCUT2D eigenvalue weighted by Crippen LogP contribution is 2.23. The van der Waals surface area contributed by atoms with Crippen LogP contribution >= 0.6 is 10.7 Å². The first-order valence-corrected chi connectivity index (χ1v) is 7.35. The van der Waals surface area contributed by atoms with E-state index in [0.29, 0.717) is 5.56 Å². The van der Waals surface area contributed by atoms with Crippen molar-refractivity contribution in [2.45, 2.75) is 19.6 Å². The first kappa shape index (κ1) is 11.5. The number of nitrogens with one attached hydrogen (secondary N) is 1. The number of rotatable bonds is 2. The summed E-state index contributed by atoms with van der Waals surface area (Å²) in [5.74, 6) is -0.137. The zero-order valence-electron chi connectivity index (χ0n) is 9.04. The maximum atomic E-state index is 11.0. The van der Waals surface area contributed by atoms with Crippen molar-refractivity contribution in [3.05, 3.63) is 35.0 Å². The number of aryl methyl sites for hydroxylation is 2. The van der Waals surface area contributed by atoms with Gasteiger partial charge in [0.15, 0.2) is 0 Å². The fourth-order valence-corrected chi connectivity index (χ4v) is 2.76. The third-order valence-electron chi connectivity index (χ3n) is 2.71. The first-order valence-electron chi connectivity index (χ1n) is 4.87. The Kier molecular flexibility index (Phi) is 2.72. The van der Waals surface area contributed by atoms with E-state index in [0.717, 1.165) is 16.6 Å². The van der Waals surface area contributed by atoms with E-state index < -0.39 is 9.05 Å². The highest BCUT2D eigenvalue weighted by atomic mass is 35.7. The molecule has 1 heterocycles. The van der Waals surface area contributed by atoms with Gasteiger partial charge in [0.1, 0.15) is 0 Å². The first-order chi connectivity index (χ1) is 7.37. The van der Waals surface area contributed by atoms with Crippen molar-refractivity contribution in [2.24, 2.45) is 0 Å². The van der Waals surface area contributed by atoms with Crippen LogP contribution in [0.15, 0.2) is 18.2 Å². The summed E-state index contributed by atoms with van der Waals surface area (Å²) in [6, 6.07) is 5.55. The molecule has 0 aliphatic rings. The van der Waals surface area contributed by atoms with Gasteiger partial charge in [-0.2, -0.15) is 0 Å². The number of aromatic nitrogens is 1. The molecule has 0 saturated heterocycles. The van der Waals surface area contributed by atoms with Crippen LogP contribution in [0.3, 0.4) is 0 Å². The molecule has 0 spiro atoms. The lowest BCUT2D eigenvalue weighted by Gasteiger charge is -1.98. The van der Waals surface area contributed by atoms with Crippen molar-refractivity contribution in [2.75, 3.05) is 0 Å². The summed E-state index contributed by atoms with van der Waals surface area (Å²) in [7, 11) is 1.73. The van der Waals surface area contributed by atoms with E-state index >= 15 is 0 Å². The van der Waals surface area contributed by atoms with Gasteiger partial charge in [-0.1, -0.05) is 12.1 Å². The molecule has 0 atom stereocenters. The van der Waals surface area contributed by atoms with E-state index in [4.69, 9.17) is 10.7 Å². The largest absolute Gasteiger partial charge is 0.358 e. The second-order valence-electron chi connectivity index (χ2n) is 3.94. The molecule has 2 rings (SSSR count). The monoisotopic (exact) mass is 257 g/mol. The van der Waals surface area contributed by atoms with Crippen molar-refractivity contribution >= 4 is 30.6 Å². The Labute approximate surface area is 98.8 Å². The Morgan fingerprint density at radius 2 is 2.00 bits per heavy atom. The molecule has 86 valence electrons. The maximum Gasteiger partial charge on any atom is 0.236 e. The fraction of sp³-hybridized carbons (Fsp3) is 0.273. The summed E-state index contributed by atoms with van der Waals surface area (Å²) in [6.07, 6.45) is 0. The molecule has 1 N–H and O–H groups in total. The van der Waals surface area contributed by atoms with Gasteiger partial charge in [-0.15, -0.1) is 0 Å². The van der Waals surface area contributed by atoms with Crippen LogP contribution in [-0.2, 0) is 14.8 Å². The van der Waals surface area contributed by atoms with Crippen LogP contribution in [0.4, 0.5) is 0 Å². The average Bonchev–Trinajstić information content (AvgIpc) is 2.40. The van der Waals surface area contributed by atoms with Gasteiger partial charge < -0.3 is 4.98 Å². The summed E-state index contributed by atoms with van der Waals surface area (Å²) in [4.78, 5) is 3.21. The van der Waals surface area contributed by atoms with Crippen LogP contribution in [0.5, 0.6) is 0 Å². The van der Waals surface area contributed by atoms with Crippen molar-refractivity contribution in [1.82, 2.24) is 4.98 Å². The lowest BCUT2D eigenvalue weighted by molar-refractivity contribution is 0.609. The Morgan fingerprint density at radius 3 is 2.62 bits per heavy atom. The van der Waals surface area contributed by atoms with Crippen LogP contribution in [-0.4, -0.2) is 13.4 Å². The highest BCUT2D eigenvalue weighted by Gasteiger charge is 2.09. The number of aromatic amines is 1. The van der Waals surface area contributed by atoms with Gasteiger partial charge in [0.25, 0.3) is 0 Å². The van der Waals surface area contributed by atoms with E-state index in [1.54, 1.807) is 6.07 Å². The molecule has 2 aromatic rings. The van der Waals surface area contributed by atoms with E-state index in [9.17, 15) is 8.42 Å². The fourth-order valence-electron chi connectivity index (χ4n) is 1.81. The number of fused-ring (bicyclic) bond motifs is 1. The Bertz CT molecular complexity index is 643. The predicted octanol–water partition coefficient (Wildman–Crippen LogP) is 2.85. The van der Waals surface area contributed by atoms with Crippen LogP contribution in [0.1, 0.15) is 16.8 Å². The molecule has 0 aliphatic heterocycles. The lowest BCUT2D eigenvalue weighted by atomic mass is 10.1. The molecule has 0 unspecified atom stereocenters. The molecular formula is C11H12ClNO2S. The van der Waals surface area contributed by atoms with Gasteiger partial charge in [-0.3, -0.25) is 0 Å². The van der Waals surface area contributed by atoms with Crippen LogP contribution in [0, 0.1) is 13.8 Å². The standard InChI is InChI=1S/C11H12ClNO2S/c1-7-8(2)13-11-5-9(3-4-10(7)11)6-16(12,14)15/h3-5,13H,6H2,1-2H3. The zero-order valence-corrected chi connectivity index (χ0v) is 10.6. The molecule has 0 fully saturated rings. The molecule has 0 aliphatic carbocycles. The van der Waals surface area contributed by atoms with E-state index in [1.165, 1.54) is 5.56 Å². The van der Waals surface area contributed by atoms with Gasteiger partial charge in [-0.25, -0.2) is 8.42 Å². The molecule has 1 aromatic carbocycles. The predicted molar refractivity (Wildman–Crippen MR) is 66.2 cm³/mol. The minimum Gasteiger partial charge on any atom is -0.358 e.